The van der Waals surface area contributed by atoms with Crippen LogP contribution in [-0.4, -0.2) is 11.0 Å². The largest absolute Gasteiger partial charge is 0.507 e. The standard InChI is InChI=1S/C27H27NO3/c1-15-16(2)18(4)24(19(5)17(15)3)14-22-10-12-26(31-22)27(30)28-21-9-11-23-20(13-21)7-6-8-25(23)29/h6-13,29H,14H2,1-5H3,(H,28,30). The number of fused-ring (bicyclic) bond motifs is 1. The fraction of sp³-hybridized carbons (Fsp3) is 0.222. The van der Waals surface area contributed by atoms with Crippen LogP contribution in [0.4, 0.5) is 5.69 Å². The number of nitrogens with one attached hydrogen (secondary N) is 1. The molecule has 0 aliphatic carbocycles. The molecule has 0 radical (unpaired) electrons. The molecule has 3 aromatic carbocycles. The van der Waals surface area contributed by atoms with Crippen LogP contribution in [0.3, 0.4) is 0 Å². The average Bonchev–Trinajstić information content (AvgIpc) is 3.23. The van der Waals surface area contributed by atoms with Crippen molar-refractivity contribution in [1.29, 1.82) is 0 Å². The number of phenols is 1. The van der Waals surface area contributed by atoms with Crippen molar-refractivity contribution in [3.8, 4) is 5.75 Å². The molecule has 0 bridgehead atoms. The maximum Gasteiger partial charge on any atom is 0.291 e. The highest BCUT2D eigenvalue weighted by Gasteiger charge is 2.16. The Balaban J connectivity index is 1.55. The van der Waals surface area contributed by atoms with E-state index in [1.165, 1.54) is 33.4 Å². The van der Waals surface area contributed by atoms with Crippen LogP contribution in [0.5, 0.6) is 5.75 Å². The summed E-state index contributed by atoms with van der Waals surface area (Å²) in [6.45, 7) is 10.8. The fourth-order valence-electron chi connectivity index (χ4n) is 4.15. The minimum Gasteiger partial charge on any atom is -0.507 e. The molecule has 0 fully saturated rings. The van der Waals surface area contributed by atoms with Gasteiger partial charge in [0.25, 0.3) is 5.91 Å². The Labute approximate surface area is 182 Å². The number of benzene rings is 3. The fourth-order valence-corrected chi connectivity index (χ4v) is 4.15. The van der Waals surface area contributed by atoms with E-state index in [0.29, 0.717) is 12.1 Å². The van der Waals surface area contributed by atoms with Crippen LogP contribution in [0.2, 0.25) is 0 Å². The maximum atomic E-state index is 12.7. The number of furan rings is 1. The summed E-state index contributed by atoms with van der Waals surface area (Å²) >= 11 is 0. The quantitative estimate of drug-likeness (QED) is 0.400. The number of amides is 1. The van der Waals surface area contributed by atoms with Crippen LogP contribution in [0.1, 0.15) is 49.7 Å². The molecule has 4 rings (SSSR count). The van der Waals surface area contributed by atoms with E-state index in [2.05, 4.69) is 39.9 Å². The number of carbonyl (C=O) groups is 1. The number of phenolic OH excluding ortho intramolecular Hbond substituents is 1. The number of carbonyl (C=O) groups excluding carboxylic acids is 1. The first-order chi connectivity index (χ1) is 14.8. The molecule has 158 valence electrons. The summed E-state index contributed by atoms with van der Waals surface area (Å²) in [7, 11) is 0. The molecule has 2 N–H and O–H groups in total. The van der Waals surface area contributed by atoms with E-state index in [4.69, 9.17) is 4.42 Å². The van der Waals surface area contributed by atoms with E-state index in [0.717, 1.165) is 16.5 Å². The molecule has 4 heteroatoms. The first-order valence-electron chi connectivity index (χ1n) is 10.4. The molecule has 0 saturated heterocycles. The number of hydrogen-bond donors (Lipinski definition) is 2. The van der Waals surface area contributed by atoms with Gasteiger partial charge in [0.2, 0.25) is 0 Å². The van der Waals surface area contributed by atoms with Gasteiger partial charge in [-0.3, -0.25) is 4.79 Å². The Hall–Kier alpha value is -3.53. The van der Waals surface area contributed by atoms with Gasteiger partial charge in [-0.25, -0.2) is 0 Å². The van der Waals surface area contributed by atoms with E-state index in [1.807, 2.05) is 18.2 Å². The molecule has 0 aliphatic heterocycles. The highest BCUT2D eigenvalue weighted by atomic mass is 16.3. The molecule has 4 aromatic rings. The third-order valence-electron chi connectivity index (χ3n) is 6.51. The lowest BCUT2D eigenvalue weighted by molar-refractivity contribution is 0.0995. The molecule has 0 aliphatic rings. The second-order valence-corrected chi connectivity index (χ2v) is 8.21. The zero-order valence-electron chi connectivity index (χ0n) is 18.6. The smallest absolute Gasteiger partial charge is 0.291 e. The van der Waals surface area contributed by atoms with E-state index in [-0.39, 0.29) is 17.4 Å². The van der Waals surface area contributed by atoms with Crippen molar-refractivity contribution in [2.45, 2.75) is 41.0 Å². The summed E-state index contributed by atoms with van der Waals surface area (Å²) in [5.74, 6) is 0.970. The third-order valence-corrected chi connectivity index (χ3v) is 6.51. The highest BCUT2D eigenvalue weighted by molar-refractivity contribution is 6.03. The Morgan fingerprint density at radius 2 is 1.55 bits per heavy atom. The molecule has 1 heterocycles. The van der Waals surface area contributed by atoms with Crippen molar-refractivity contribution in [2.75, 3.05) is 5.32 Å². The SMILES string of the molecule is Cc1c(C)c(C)c(Cc2ccc(C(=O)Nc3ccc4c(O)cccc4c3)o2)c(C)c1C. The number of rotatable bonds is 4. The molecule has 0 unspecified atom stereocenters. The van der Waals surface area contributed by atoms with Gasteiger partial charge in [-0.15, -0.1) is 0 Å². The lowest BCUT2D eigenvalue weighted by atomic mass is 9.88. The normalized spacial score (nSPS) is 11.1. The van der Waals surface area contributed by atoms with Gasteiger partial charge in [0, 0.05) is 17.5 Å². The highest BCUT2D eigenvalue weighted by Crippen LogP contribution is 2.29. The second kappa shape index (κ2) is 7.95. The Bertz CT molecular complexity index is 1280. The number of anilines is 1. The predicted molar refractivity (Wildman–Crippen MR) is 125 cm³/mol. The summed E-state index contributed by atoms with van der Waals surface area (Å²) in [4.78, 5) is 12.7. The van der Waals surface area contributed by atoms with Crippen molar-refractivity contribution >= 4 is 22.4 Å². The van der Waals surface area contributed by atoms with Crippen LogP contribution in [0, 0.1) is 34.6 Å². The molecule has 1 aromatic heterocycles. The van der Waals surface area contributed by atoms with Gasteiger partial charge in [0.15, 0.2) is 5.76 Å². The third kappa shape index (κ3) is 3.81. The second-order valence-electron chi connectivity index (χ2n) is 8.21. The van der Waals surface area contributed by atoms with Gasteiger partial charge >= 0.3 is 0 Å². The summed E-state index contributed by atoms with van der Waals surface area (Å²) in [5.41, 5.74) is 8.43. The molecule has 0 spiro atoms. The van der Waals surface area contributed by atoms with E-state index in [9.17, 15) is 9.90 Å². The summed E-state index contributed by atoms with van der Waals surface area (Å²) in [5, 5.41) is 14.4. The molecule has 4 nitrogen and oxygen atoms in total. The van der Waals surface area contributed by atoms with Gasteiger partial charge in [-0.2, -0.15) is 0 Å². The van der Waals surface area contributed by atoms with Gasteiger partial charge in [-0.05, 0) is 110 Å². The first-order valence-corrected chi connectivity index (χ1v) is 10.4. The van der Waals surface area contributed by atoms with Gasteiger partial charge < -0.3 is 14.8 Å². The topological polar surface area (TPSA) is 62.5 Å². The van der Waals surface area contributed by atoms with Crippen molar-refractivity contribution in [3.05, 3.63) is 93.4 Å². The van der Waals surface area contributed by atoms with Crippen molar-refractivity contribution in [3.63, 3.8) is 0 Å². The maximum absolute atomic E-state index is 12.7. The monoisotopic (exact) mass is 413 g/mol. The Morgan fingerprint density at radius 3 is 2.26 bits per heavy atom. The van der Waals surface area contributed by atoms with Crippen molar-refractivity contribution in [1.82, 2.24) is 0 Å². The first kappa shape index (κ1) is 20.7. The molecular formula is C27H27NO3. The van der Waals surface area contributed by atoms with Crippen LogP contribution in [0.15, 0.2) is 52.9 Å². The zero-order chi connectivity index (χ0) is 22.3. The summed E-state index contributed by atoms with van der Waals surface area (Å²) in [6, 6.07) is 14.3. The van der Waals surface area contributed by atoms with Crippen molar-refractivity contribution in [2.24, 2.45) is 0 Å². The zero-order valence-corrected chi connectivity index (χ0v) is 18.6. The summed E-state index contributed by atoms with van der Waals surface area (Å²) < 4.78 is 5.90. The van der Waals surface area contributed by atoms with Crippen LogP contribution >= 0.6 is 0 Å². The number of hydrogen-bond acceptors (Lipinski definition) is 3. The number of aromatic hydroxyl groups is 1. The van der Waals surface area contributed by atoms with Gasteiger partial charge in [0.05, 0.1) is 0 Å². The Kier molecular flexibility index (Phi) is 5.32. The van der Waals surface area contributed by atoms with Crippen LogP contribution in [-0.2, 0) is 6.42 Å². The van der Waals surface area contributed by atoms with Crippen molar-refractivity contribution < 1.29 is 14.3 Å². The summed E-state index contributed by atoms with van der Waals surface area (Å²) in [6.07, 6.45) is 0.655. The average molecular weight is 414 g/mol. The van der Waals surface area contributed by atoms with Crippen LogP contribution in [0.25, 0.3) is 10.8 Å². The lowest BCUT2D eigenvalue weighted by Crippen LogP contribution is -2.10. The molecule has 0 atom stereocenters. The van der Waals surface area contributed by atoms with Crippen LogP contribution < -0.4 is 5.32 Å². The lowest BCUT2D eigenvalue weighted by Gasteiger charge is -2.18. The van der Waals surface area contributed by atoms with Gasteiger partial charge in [0.1, 0.15) is 11.5 Å². The molecule has 31 heavy (non-hydrogen) atoms. The minimum atomic E-state index is -0.296. The van der Waals surface area contributed by atoms with E-state index >= 15 is 0 Å². The molecular weight excluding hydrogens is 386 g/mol. The minimum absolute atomic E-state index is 0.221. The molecule has 1 amide bonds. The predicted octanol–water partition coefficient (Wildman–Crippen LogP) is 6.52. The Morgan fingerprint density at radius 1 is 0.871 bits per heavy atom. The van der Waals surface area contributed by atoms with Gasteiger partial charge in [-0.1, -0.05) is 12.1 Å². The molecule has 0 saturated carbocycles. The van der Waals surface area contributed by atoms with E-state index < -0.39 is 0 Å². The van der Waals surface area contributed by atoms with E-state index in [1.54, 1.807) is 30.3 Å².